The van der Waals surface area contributed by atoms with Gasteiger partial charge in [-0.3, -0.25) is 9.48 Å². The number of carbonyl (C=O) groups excluding carboxylic acids is 1. The minimum absolute atomic E-state index is 0.0729. The highest BCUT2D eigenvalue weighted by molar-refractivity contribution is 5.92. The van der Waals surface area contributed by atoms with Crippen molar-refractivity contribution in [3.63, 3.8) is 0 Å². The average Bonchev–Trinajstić information content (AvgIpc) is 3.51. The number of hydrogen-bond acceptors (Lipinski definition) is 6. The second kappa shape index (κ2) is 7.37. The predicted molar refractivity (Wildman–Crippen MR) is 108 cm³/mol. The molecule has 9 nitrogen and oxygen atoms in total. The molecule has 3 aromatic heterocycles. The molecule has 1 aliphatic carbocycles. The summed E-state index contributed by atoms with van der Waals surface area (Å²) in [5.74, 6) is 1.73. The molecular weight excluding hydrogens is 382 g/mol. The fraction of sp³-hybridized carbons (Fsp3) is 0.571. The van der Waals surface area contributed by atoms with E-state index in [-0.39, 0.29) is 17.2 Å². The van der Waals surface area contributed by atoms with Gasteiger partial charge >= 0.3 is 0 Å². The molecule has 158 valence electrons. The fourth-order valence-corrected chi connectivity index (χ4v) is 5.21. The number of hydrogen-bond donors (Lipinski definition) is 0. The lowest BCUT2D eigenvalue weighted by Crippen LogP contribution is -2.34. The monoisotopic (exact) mass is 409 g/mol. The van der Waals surface area contributed by atoms with Gasteiger partial charge in [0, 0.05) is 38.3 Å². The van der Waals surface area contributed by atoms with Gasteiger partial charge in [-0.25, -0.2) is 0 Å². The van der Waals surface area contributed by atoms with E-state index in [1.807, 2.05) is 29.6 Å². The highest BCUT2D eigenvalue weighted by Gasteiger charge is 2.50. The van der Waals surface area contributed by atoms with E-state index in [0.717, 1.165) is 30.8 Å². The maximum Gasteiger partial charge on any atom is 0.276 e. The molecule has 1 amide bonds. The maximum absolute atomic E-state index is 13.3. The predicted octanol–water partition coefficient (Wildman–Crippen LogP) is 2.55. The number of aromatic nitrogens is 6. The molecule has 0 radical (unpaired) electrons. The Labute approximate surface area is 175 Å². The first-order chi connectivity index (χ1) is 14.5. The van der Waals surface area contributed by atoms with Crippen LogP contribution in [0.2, 0.25) is 0 Å². The summed E-state index contributed by atoms with van der Waals surface area (Å²) in [6.07, 6.45) is 11.4. The van der Waals surface area contributed by atoms with Crippen LogP contribution in [0.15, 0.2) is 29.3 Å². The molecule has 5 rings (SSSR count). The summed E-state index contributed by atoms with van der Waals surface area (Å²) in [5.41, 5.74) is 1.52. The van der Waals surface area contributed by atoms with Crippen molar-refractivity contribution in [2.24, 2.45) is 12.5 Å². The van der Waals surface area contributed by atoms with Gasteiger partial charge in [0.1, 0.15) is 18.7 Å². The number of rotatable bonds is 4. The molecule has 4 heterocycles. The zero-order chi connectivity index (χ0) is 20.7. The molecular formula is C21H27N7O2. The van der Waals surface area contributed by atoms with Gasteiger partial charge in [0.25, 0.3) is 5.91 Å². The van der Waals surface area contributed by atoms with E-state index in [1.165, 1.54) is 19.3 Å². The smallest absolute Gasteiger partial charge is 0.276 e. The third kappa shape index (κ3) is 3.32. The third-order valence-corrected chi connectivity index (χ3v) is 6.70. The number of amides is 1. The first-order valence-corrected chi connectivity index (χ1v) is 10.6. The molecule has 1 spiro atoms. The van der Waals surface area contributed by atoms with Crippen molar-refractivity contribution in [3.05, 3.63) is 47.6 Å². The molecule has 1 atom stereocenters. The maximum atomic E-state index is 13.3. The van der Waals surface area contributed by atoms with Gasteiger partial charge in [0.05, 0.1) is 6.20 Å². The Balaban J connectivity index is 1.36. The van der Waals surface area contributed by atoms with Gasteiger partial charge in [-0.15, -0.1) is 10.2 Å². The Morgan fingerprint density at radius 1 is 1.30 bits per heavy atom. The van der Waals surface area contributed by atoms with Crippen LogP contribution in [-0.4, -0.2) is 53.6 Å². The highest BCUT2D eigenvalue weighted by atomic mass is 16.5. The van der Waals surface area contributed by atoms with Crippen molar-refractivity contribution in [2.45, 2.75) is 51.5 Å². The molecule has 30 heavy (non-hydrogen) atoms. The molecule has 0 N–H and O–H groups in total. The summed E-state index contributed by atoms with van der Waals surface area (Å²) in [4.78, 5) is 15.2. The molecule has 1 saturated heterocycles. The van der Waals surface area contributed by atoms with Crippen LogP contribution in [0.1, 0.15) is 65.7 Å². The standard InChI is InChI=1S/C21H27N7O2/c1-15-9-23-28(10-15)11-16-8-18(25-30-16)20(29)27-12-17(19-24-22-14-26(19)2)21(13-27)6-4-3-5-7-21/h8-10,14,17H,3-7,11-13H2,1-2H3. The van der Waals surface area contributed by atoms with Gasteiger partial charge in [0.2, 0.25) is 0 Å². The van der Waals surface area contributed by atoms with E-state index in [9.17, 15) is 4.79 Å². The van der Waals surface area contributed by atoms with Crippen LogP contribution in [0.25, 0.3) is 0 Å². The number of aryl methyl sites for hydroxylation is 2. The third-order valence-electron chi connectivity index (χ3n) is 6.70. The number of likely N-dealkylation sites (tertiary alicyclic amines) is 1. The Hall–Kier alpha value is -2.97. The van der Waals surface area contributed by atoms with Crippen molar-refractivity contribution in [2.75, 3.05) is 13.1 Å². The van der Waals surface area contributed by atoms with Crippen molar-refractivity contribution in [1.29, 1.82) is 0 Å². The average molecular weight is 409 g/mol. The Bertz CT molecular complexity index is 1040. The molecule has 2 fully saturated rings. The summed E-state index contributed by atoms with van der Waals surface area (Å²) < 4.78 is 9.20. The lowest BCUT2D eigenvalue weighted by atomic mass is 9.67. The summed E-state index contributed by atoms with van der Waals surface area (Å²) >= 11 is 0. The van der Waals surface area contributed by atoms with Crippen molar-refractivity contribution < 1.29 is 9.32 Å². The van der Waals surface area contributed by atoms with Crippen molar-refractivity contribution >= 4 is 5.91 Å². The van der Waals surface area contributed by atoms with Crippen LogP contribution >= 0.6 is 0 Å². The second-order valence-corrected chi connectivity index (χ2v) is 8.86. The normalized spacial score (nSPS) is 20.9. The van der Waals surface area contributed by atoms with Crippen LogP contribution < -0.4 is 0 Å². The van der Waals surface area contributed by atoms with Crippen LogP contribution in [0.3, 0.4) is 0 Å². The summed E-state index contributed by atoms with van der Waals surface area (Å²) in [6, 6.07) is 1.74. The zero-order valence-electron chi connectivity index (χ0n) is 17.5. The lowest BCUT2D eigenvalue weighted by Gasteiger charge is -2.37. The quantitative estimate of drug-likeness (QED) is 0.657. The Morgan fingerprint density at radius 3 is 2.83 bits per heavy atom. The first-order valence-electron chi connectivity index (χ1n) is 10.6. The molecule has 1 aliphatic heterocycles. The zero-order valence-corrected chi connectivity index (χ0v) is 17.5. The largest absolute Gasteiger partial charge is 0.359 e. The van der Waals surface area contributed by atoms with Crippen LogP contribution in [0.5, 0.6) is 0 Å². The van der Waals surface area contributed by atoms with E-state index in [1.54, 1.807) is 23.3 Å². The summed E-state index contributed by atoms with van der Waals surface area (Å²) in [5, 5.41) is 16.8. The van der Waals surface area contributed by atoms with Gasteiger partial charge in [-0.05, 0) is 30.7 Å². The van der Waals surface area contributed by atoms with Crippen molar-refractivity contribution in [1.82, 2.24) is 34.6 Å². The Morgan fingerprint density at radius 2 is 2.13 bits per heavy atom. The molecule has 1 saturated carbocycles. The SMILES string of the molecule is Cc1cnn(Cc2cc(C(=O)N3CC(c4nncn4C)C4(CCCCC4)C3)no2)c1. The number of carbonyl (C=O) groups is 1. The number of nitrogens with zero attached hydrogens (tertiary/aromatic N) is 7. The topological polar surface area (TPSA) is 94.9 Å². The van der Waals surface area contributed by atoms with E-state index in [4.69, 9.17) is 4.52 Å². The Kier molecular flexibility index (Phi) is 4.67. The first kappa shape index (κ1) is 19.0. The molecule has 3 aromatic rings. The van der Waals surface area contributed by atoms with Crippen LogP contribution in [0, 0.1) is 12.3 Å². The molecule has 2 aliphatic rings. The van der Waals surface area contributed by atoms with Gasteiger partial charge in [-0.2, -0.15) is 5.10 Å². The van der Waals surface area contributed by atoms with Gasteiger partial charge in [0.15, 0.2) is 11.5 Å². The van der Waals surface area contributed by atoms with E-state index >= 15 is 0 Å². The molecule has 0 aromatic carbocycles. The van der Waals surface area contributed by atoms with Gasteiger partial charge < -0.3 is 14.0 Å². The summed E-state index contributed by atoms with van der Waals surface area (Å²) in [7, 11) is 1.98. The van der Waals surface area contributed by atoms with E-state index in [2.05, 4.69) is 20.5 Å². The second-order valence-electron chi connectivity index (χ2n) is 8.86. The molecule has 1 unspecified atom stereocenters. The minimum Gasteiger partial charge on any atom is -0.359 e. The summed E-state index contributed by atoms with van der Waals surface area (Å²) in [6.45, 7) is 3.83. The van der Waals surface area contributed by atoms with Crippen LogP contribution in [0.4, 0.5) is 0 Å². The van der Waals surface area contributed by atoms with Crippen LogP contribution in [-0.2, 0) is 13.6 Å². The highest BCUT2D eigenvalue weighted by Crippen LogP contribution is 2.51. The molecule has 0 bridgehead atoms. The van der Waals surface area contributed by atoms with E-state index < -0.39 is 0 Å². The molecule has 9 heteroatoms. The van der Waals surface area contributed by atoms with Crippen molar-refractivity contribution in [3.8, 4) is 0 Å². The lowest BCUT2D eigenvalue weighted by molar-refractivity contribution is 0.0748. The van der Waals surface area contributed by atoms with E-state index in [0.29, 0.717) is 24.5 Å². The fourth-order valence-electron chi connectivity index (χ4n) is 5.21. The minimum atomic E-state index is -0.0729. The van der Waals surface area contributed by atoms with Gasteiger partial charge in [-0.1, -0.05) is 24.4 Å².